The van der Waals surface area contributed by atoms with Gasteiger partial charge in [0.1, 0.15) is 11.5 Å². The van der Waals surface area contributed by atoms with Crippen molar-refractivity contribution in [1.82, 2.24) is 0 Å². The van der Waals surface area contributed by atoms with E-state index in [1.807, 2.05) is 0 Å². The van der Waals surface area contributed by atoms with Crippen LogP contribution in [0.1, 0.15) is 0 Å². The van der Waals surface area contributed by atoms with Crippen molar-refractivity contribution in [3.63, 3.8) is 0 Å². The molecule has 0 aliphatic rings. The standard InChI is InChI=1S/C15H15BrN2O3/c1-20-14-6-5-11(8-13(14)16)18-15(19)9-21-12-4-2-3-10(17)7-12/h2-8H,9,17H2,1H3,(H,18,19). The van der Waals surface area contributed by atoms with E-state index in [4.69, 9.17) is 15.2 Å². The average molecular weight is 351 g/mol. The molecule has 1 amide bonds. The number of rotatable bonds is 5. The van der Waals surface area contributed by atoms with E-state index >= 15 is 0 Å². The Bertz CT molecular complexity index is 647. The van der Waals surface area contributed by atoms with Gasteiger partial charge in [0.2, 0.25) is 0 Å². The molecule has 0 radical (unpaired) electrons. The van der Waals surface area contributed by atoms with E-state index in [2.05, 4.69) is 21.2 Å². The lowest BCUT2D eigenvalue weighted by Gasteiger charge is -2.09. The summed E-state index contributed by atoms with van der Waals surface area (Å²) in [4.78, 5) is 11.8. The Morgan fingerprint density at radius 2 is 2.10 bits per heavy atom. The zero-order valence-corrected chi connectivity index (χ0v) is 13.0. The molecule has 0 aromatic heterocycles. The highest BCUT2D eigenvalue weighted by Crippen LogP contribution is 2.27. The molecule has 0 atom stereocenters. The van der Waals surface area contributed by atoms with Crippen LogP contribution in [-0.4, -0.2) is 19.6 Å². The van der Waals surface area contributed by atoms with Crippen LogP contribution >= 0.6 is 15.9 Å². The van der Waals surface area contributed by atoms with Crippen LogP contribution in [0.4, 0.5) is 11.4 Å². The first-order valence-corrected chi connectivity index (χ1v) is 6.99. The van der Waals surface area contributed by atoms with Gasteiger partial charge >= 0.3 is 0 Å². The number of nitrogens with one attached hydrogen (secondary N) is 1. The Balaban J connectivity index is 1.91. The first-order chi connectivity index (χ1) is 10.1. The number of methoxy groups -OCH3 is 1. The third-order valence-electron chi connectivity index (χ3n) is 2.66. The SMILES string of the molecule is COc1ccc(NC(=O)COc2cccc(N)c2)cc1Br. The molecule has 110 valence electrons. The van der Waals surface area contributed by atoms with Gasteiger partial charge in [-0.05, 0) is 46.3 Å². The Kier molecular flexibility index (Phi) is 5.05. The molecule has 21 heavy (non-hydrogen) atoms. The number of hydrogen-bond donors (Lipinski definition) is 2. The second-order valence-electron chi connectivity index (χ2n) is 4.26. The molecule has 0 fully saturated rings. The number of nitrogen functional groups attached to an aromatic ring is 1. The average Bonchev–Trinajstić information content (AvgIpc) is 2.45. The second-order valence-corrected chi connectivity index (χ2v) is 5.11. The largest absolute Gasteiger partial charge is 0.496 e. The van der Waals surface area contributed by atoms with Crippen molar-refractivity contribution in [2.45, 2.75) is 0 Å². The van der Waals surface area contributed by atoms with Gasteiger partial charge in [0, 0.05) is 17.4 Å². The van der Waals surface area contributed by atoms with Crippen LogP contribution in [0.25, 0.3) is 0 Å². The smallest absolute Gasteiger partial charge is 0.262 e. The Morgan fingerprint density at radius 3 is 2.76 bits per heavy atom. The van der Waals surface area contributed by atoms with Crippen LogP contribution in [-0.2, 0) is 4.79 Å². The summed E-state index contributed by atoms with van der Waals surface area (Å²) in [6, 6.07) is 12.2. The van der Waals surface area contributed by atoms with E-state index < -0.39 is 0 Å². The maximum absolute atomic E-state index is 11.8. The molecule has 0 saturated heterocycles. The van der Waals surface area contributed by atoms with Gasteiger partial charge in [-0.25, -0.2) is 0 Å². The number of benzene rings is 2. The number of carbonyl (C=O) groups is 1. The maximum Gasteiger partial charge on any atom is 0.262 e. The highest BCUT2D eigenvalue weighted by molar-refractivity contribution is 9.10. The molecule has 6 heteroatoms. The number of amides is 1. The molecular weight excluding hydrogens is 336 g/mol. The Hall–Kier alpha value is -2.21. The van der Waals surface area contributed by atoms with E-state index in [0.717, 1.165) is 4.47 Å². The van der Waals surface area contributed by atoms with Crippen molar-refractivity contribution in [3.05, 3.63) is 46.9 Å². The van der Waals surface area contributed by atoms with Crippen molar-refractivity contribution in [2.24, 2.45) is 0 Å². The lowest BCUT2D eigenvalue weighted by atomic mass is 10.3. The fourth-order valence-corrected chi connectivity index (χ4v) is 2.24. The molecule has 0 saturated carbocycles. The van der Waals surface area contributed by atoms with E-state index in [9.17, 15) is 4.79 Å². The quantitative estimate of drug-likeness (QED) is 0.812. The van der Waals surface area contributed by atoms with Crippen LogP contribution in [0.2, 0.25) is 0 Å². The number of anilines is 2. The topological polar surface area (TPSA) is 73.6 Å². The van der Waals surface area contributed by atoms with E-state index in [1.165, 1.54) is 0 Å². The van der Waals surface area contributed by atoms with Gasteiger partial charge in [-0.1, -0.05) is 6.07 Å². The molecule has 2 aromatic carbocycles. The fourth-order valence-electron chi connectivity index (χ4n) is 1.69. The molecule has 0 aliphatic heterocycles. The molecular formula is C15H15BrN2O3. The van der Waals surface area contributed by atoms with Gasteiger partial charge in [0.25, 0.3) is 5.91 Å². The summed E-state index contributed by atoms with van der Waals surface area (Å²) in [6.45, 7) is -0.0902. The number of nitrogens with two attached hydrogens (primary N) is 1. The van der Waals surface area contributed by atoms with Crippen LogP contribution in [0.3, 0.4) is 0 Å². The number of halogens is 1. The van der Waals surface area contributed by atoms with Crippen LogP contribution in [0, 0.1) is 0 Å². The number of carbonyl (C=O) groups excluding carboxylic acids is 1. The molecule has 2 aromatic rings. The molecule has 2 rings (SSSR count). The summed E-state index contributed by atoms with van der Waals surface area (Å²) in [5.74, 6) is 1.000. The minimum absolute atomic E-state index is 0.0902. The van der Waals surface area contributed by atoms with Crippen LogP contribution in [0.15, 0.2) is 46.9 Å². The molecule has 3 N–H and O–H groups in total. The van der Waals surface area contributed by atoms with E-state index in [1.54, 1.807) is 49.6 Å². The highest BCUT2D eigenvalue weighted by Gasteiger charge is 2.06. The zero-order valence-electron chi connectivity index (χ0n) is 11.4. The van der Waals surface area contributed by atoms with E-state index in [-0.39, 0.29) is 12.5 Å². The van der Waals surface area contributed by atoms with Crippen molar-refractivity contribution in [3.8, 4) is 11.5 Å². The lowest BCUT2D eigenvalue weighted by Crippen LogP contribution is -2.20. The van der Waals surface area contributed by atoms with Gasteiger partial charge in [-0.2, -0.15) is 0 Å². The third kappa shape index (κ3) is 4.39. The molecule has 0 aliphatic carbocycles. The predicted octanol–water partition coefficient (Wildman–Crippen LogP) is 3.06. The van der Waals surface area contributed by atoms with Crippen molar-refractivity contribution in [1.29, 1.82) is 0 Å². The first kappa shape index (κ1) is 15.2. The maximum atomic E-state index is 11.8. The number of hydrogen-bond acceptors (Lipinski definition) is 4. The van der Waals surface area contributed by atoms with Crippen molar-refractivity contribution in [2.75, 3.05) is 24.8 Å². The minimum atomic E-state index is -0.255. The van der Waals surface area contributed by atoms with Crippen molar-refractivity contribution >= 4 is 33.2 Å². The third-order valence-corrected chi connectivity index (χ3v) is 3.28. The summed E-state index contributed by atoms with van der Waals surface area (Å²) < 4.78 is 11.3. The summed E-state index contributed by atoms with van der Waals surface area (Å²) >= 11 is 3.36. The first-order valence-electron chi connectivity index (χ1n) is 6.20. The van der Waals surface area contributed by atoms with Gasteiger partial charge in [0.15, 0.2) is 6.61 Å². The van der Waals surface area contributed by atoms with Crippen molar-refractivity contribution < 1.29 is 14.3 Å². The van der Waals surface area contributed by atoms with Crippen LogP contribution < -0.4 is 20.5 Å². The predicted molar refractivity (Wildman–Crippen MR) is 85.7 cm³/mol. The normalized spacial score (nSPS) is 10.0. The summed E-state index contributed by atoms with van der Waals surface area (Å²) in [5.41, 5.74) is 6.88. The second kappa shape index (κ2) is 6.99. The highest BCUT2D eigenvalue weighted by atomic mass is 79.9. The zero-order chi connectivity index (χ0) is 15.2. The van der Waals surface area contributed by atoms with Crippen LogP contribution in [0.5, 0.6) is 11.5 Å². The number of ether oxygens (including phenoxy) is 2. The Morgan fingerprint density at radius 1 is 1.29 bits per heavy atom. The van der Waals surface area contributed by atoms with Gasteiger partial charge in [0.05, 0.1) is 11.6 Å². The fraction of sp³-hybridized carbons (Fsp3) is 0.133. The van der Waals surface area contributed by atoms with Gasteiger partial charge in [-0.3, -0.25) is 4.79 Å². The lowest BCUT2D eigenvalue weighted by molar-refractivity contribution is -0.118. The molecule has 0 heterocycles. The van der Waals surface area contributed by atoms with E-state index in [0.29, 0.717) is 22.9 Å². The van der Waals surface area contributed by atoms with Gasteiger partial charge < -0.3 is 20.5 Å². The summed E-state index contributed by atoms with van der Waals surface area (Å²) in [6.07, 6.45) is 0. The molecule has 0 bridgehead atoms. The molecule has 0 spiro atoms. The monoisotopic (exact) mass is 350 g/mol. The molecule has 0 unspecified atom stereocenters. The summed E-state index contributed by atoms with van der Waals surface area (Å²) in [7, 11) is 1.58. The Labute approximate surface area is 131 Å². The molecule has 5 nitrogen and oxygen atoms in total. The minimum Gasteiger partial charge on any atom is -0.496 e. The van der Waals surface area contributed by atoms with Gasteiger partial charge in [-0.15, -0.1) is 0 Å². The summed E-state index contributed by atoms with van der Waals surface area (Å²) in [5, 5.41) is 2.74.